The molecule has 3 rings (SSSR count). The number of fused-ring (bicyclic) bond motifs is 1. The number of hydrogen-bond acceptors (Lipinski definition) is 2. The van der Waals surface area contributed by atoms with E-state index in [0.717, 1.165) is 25.8 Å². The van der Waals surface area contributed by atoms with Crippen molar-refractivity contribution in [3.05, 3.63) is 48.0 Å². The quantitative estimate of drug-likeness (QED) is 0.896. The van der Waals surface area contributed by atoms with E-state index >= 15 is 0 Å². The van der Waals surface area contributed by atoms with Crippen LogP contribution in [0.25, 0.3) is 10.8 Å². The van der Waals surface area contributed by atoms with Crippen LogP contribution in [0.5, 0.6) is 0 Å². The Kier molecular flexibility index (Phi) is 3.77. The van der Waals surface area contributed by atoms with Crippen LogP contribution in [0, 0.1) is 0 Å². The molecule has 2 heteroatoms. The molecule has 1 aliphatic rings. The zero-order chi connectivity index (χ0) is 14.0. The second kappa shape index (κ2) is 5.55. The van der Waals surface area contributed by atoms with Gasteiger partial charge in [-0.2, -0.15) is 0 Å². The molecule has 106 valence electrons. The molecule has 2 N–H and O–H groups in total. The van der Waals surface area contributed by atoms with Gasteiger partial charge in [-0.1, -0.05) is 55.3 Å². The topological polar surface area (TPSA) is 32.3 Å². The molecule has 2 atom stereocenters. The molecule has 0 bridgehead atoms. The molecule has 0 amide bonds. The molecule has 20 heavy (non-hydrogen) atoms. The van der Waals surface area contributed by atoms with Gasteiger partial charge in [0.15, 0.2) is 0 Å². The zero-order valence-corrected chi connectivity index (χ0v) is 12.1. The third kappa shape index (κ3) is 2.23. The van der Waals surface area contributed by atoms with E-state index in [1.807, 2.05) is 7.05 Å². The van der Waals surface area contributed by atoms with Crippen LogP contribution >= 0.6 is 0 Å². The summed E-state index contributed by atoms with van der Waals surface area (Å²) in [6.07, 6.45) is 4.07. The lowest BCUT2D eigenvalue weighted by Crippen LogP contribution is -2.48. The Balaban J connectivity index is 2.08. The number of rotatable bonds is 3. The highest BCUT2D eigenvalue weighted by Crippen LogP contribution is 2.40. The van der Waals surface area contributed by atoms with Gasteiger partial charge in [0.25, 0.3) is 0 Å². The first-order valence-electron chi connectivity index (χ1n) is 7.58. The second-order valence-corrected chi connectivity index (χ2v) is 6.01. The molecule has 0 aliphatic heterocycles. The molecular weight excluding hydrogens is 246 g/mol. The monoisotopic (exact) mass is 269 g/mol. The van der Waals surface area contributed by atoms with Crippen molar-refractivity contribution < 1.29 is 5.11 Å². The largest absolute Gasteiger partial charge is 0.392 e. The maximum atomic E-state index is 10.6. The van der Waals surface area contributed by atoms with Crippen LogP contribution in [0.2, 0.25) is 0 Å². The fourth-order valence-electron chi connectivity index (χ4n) is 3.68. The third-order valence-electron chi connectivity index (χ3n) is 4.80. The van der Waals surface area contributed by atoms with Crippen LogP contribution < -0.4 is 5.32 Å². The first-order valence-corrected chi connectivity index (χ1v) is 7.58. The summed E-state index contributed by atoms with van der Waals surface area (Å²) in [5.74, 6) is 0. The summed E-state index contributed by atoms with van der Waals surface area (Å²) in [5.41, 5.74) is 1.15. The van der Waals surface area contributed by atoms with Gasteiger partial charge in [0.1, 0.15) is 0 Å². The van der Waals surface area contributed by atoms with E-state index in [9.17, 15) is 5.11 Å². The van der Waals surface area contributed by atoms with Gasteiger partial charge in [0, 0.05) is 12.0 Å². The standard InChI is InChI=1S/C18H23NO/c1-19-13-18(11-5-4-8-17(18)20)16-10-9-14-6-2-3-7-15(14)12-16/h2-3,6-7,9-10,12,17,19-20H,4-5,8,11,13H2,1H3/t17-,18-/m1/s1. The van der Waals surface area contributed by atoms with Crippen molar-refractivity contribution in [1.82, 2.24) is 5.32 Å². The first-order chi connectivity index (χ1) is 9.76. The minimum Gasteiger partial charge on any atom is -0.392 e. The minimum absolute atomic E-state index is 0.128. The van der Waals surface area contributed by atoms with Gasteiger partial charge in [-0.15, -0.1) is 0 Å². The summed E-state index contributed by atoms with van der Waals surface area (Å²) in [6.45, 7) is 0.840. The highest BCUT2D eigenvalue weighted by Gasteiger charge is 2.40. The van der Waals surface area contributed by atoms with E-state index < -0.39 is 0 Å². The predicted octanol–water partition coefficient (Wildman–Crippen LogP) is 3.23. The highest BCUT2D eigenvalue weighted by molar-refractivity contribution is 5.83. The lowest BCUT2D eigenvalue weighted by atomic mass is 9.67. The highest BCUT2D eigenvalue weighted by atomic mass is 16.3. The van der Waals surface area contributed by atoms with Crippen LogP contribution in [0.4, 0.5) is 0 Å². The van der Waals surface area contributed by atoms with E-state index in [4.69, 9.17) is 0 Å². The predicted molar refractivity (Wildman–Crippen MR) is 84.0 cm³/mol. The van der Waals surface area contributed by atoms with Crippen molar-refractivity contribution in [1.29, 1.82) is 0 Å². The third-order valence-corrected chi connectivity index (χ3v) is 4.80. The van der Waals surface area contributed by atoms with Crippen LogP contribution in [-0.2, 0) is 5.41 Å². The first kappa shape index (κ1) is 13.6. The molecule has 0 heterocycles. The van der Waals surface area contributed by atoms with Crippen molar-refractivity contribution in [2.75, 3.05) is 13.6 Å². The fraction of sp³-hybridized carbons (Fsp3) is 0.444. The van der Waals surface area contributed by atoms with E-state index in [-0.39, 0.29) is 11.5 Å². The van der Waals surface area contributed by atoms with Gasteiger partial charge in [0.2, 0.25) is 0 Å². The molecule has 0 spiro atoms. The van der Waals surface area contributed by atoms with Crippen LogP contribution in [0.15, 0.2) is 42.5 Å². The maximum Gasteiger partial charge on any atom is 0.0649 e. The zero-order valence-electron chi connectivity index (χ0n) is 12.1. The smallest absolute Gasteiger partial charge is 0.0649 e. The van der Waals surface area contributed by atoms with E-state index in [0.29, 0.717) is 0 Å². The van der Waals surface area contributed by atoms with Crippen molar-refractivity contribution in [2.24, 2.45) is 0 Å². The van der Waals surface area contributed by atoms with E-state index in [2.05, 4.69) is 47.8 Å². The van der Waals surface area contributed by atoms with Gasteiger partial charge in [-0.25, -0.2) is 0 Å². The lowest BCUT2D eigenvalue weighted by molar-refractivity contribution is 0.0425. The molecule has 2 nitrogen and oxygen atoms in total. The molecule has 0 radical (unpaired) electrons. The number of aliphatic hydroxyl groups is 1. The normalized spacial score (nSPS) is 26.8. The Labute approximate surface area is 120 Å². The Hall–Kier alpha value is -1.38. The fourth-order valence-corrected chi connectivity index (χ4v) is 3.68. The molecule has 2 aromatic rings. The SMILES string of the molecule is CNC[C@@]1(c2ccc3ccccc3c2)CCCC[C@H]1O. The maximum absolute atomic E-state index is 10.6. The number of benzene rings is 2. The van der Waals surface area contributed by atoms with E-state index in [1.165, 1.54) is 22.8 Å². The summed E-state index contributed by atoms with van der Waals surface area (Å²) in [5, 5.41) is 16.5. The summed E-state index contributed by atoms with van der Waals surface area (Å²) in [6, 6.07) is 15.1. The van der Waals surface area contributed by atoms with Crippen molar-refractivity contribution in [2.45, 2.75) is 37.2 Å². The van der Waals surface area contributed by atoms with Gasteiger partial charge < -0.3 is 10.4 Å². The molecule has 1 saturated carbocycles. The van der Waals surface area contributed by atoms with Crippen LogP contribution in [-0.4, -0.2) is 24.8 Å². The number of nitrogens with one attached hydrogen (secondary N) is 1. The van der Waals surface area contributed by atoms with Crippen LogP contribution in [0.3, 0.4) is 0 Å². The van der Waals surface area contributed by atoms with Gasteiger partial charge in [0.05, 0.1) is 6.10 Å². The number of likely N-dealkylation sites (N-methyl/N-ethyl adjacent to an activating group) is 1. The van der Waals surface area contributed by atoms with Crippen molar-refractivity contribution >= 4 is 10.8 Å². The Morgan fingerprint density at radius 1 is 1.15 bits per heavy atom. The number of aliphatic hydroxyl groups excluding tert-OH is 1. The molecule has 1 fully saturated rings. The van der Waals surface area contributed by atoms with E-state index in [1.54, 1.807) is 0 Å². The van der Waals surface area contributed by atoms with Gasteiger partial charge >= 0.3 is 0 Å². The average molecular weight is 269 g/mol. The molecule has 0 saturated heterocycles. The van der Waals surface area contributed by atoms with Gasteiger partial charge in [-0.3, -0.25) is 0 Å². The lowest BCUT2D eigenvalue weighted by Gasteiger charge is -2.42. The Bertz CT molecular complexity index is 591. The average Bonchev–Trinajstić information content (AvgIpc) is 2.49. The molecular formula is C18H23NO. The van der Waals surface area contributed by atoms with Crippen molar-refractivity contribution in [3.63, 3.8) is 0 Å². The summed E-state index contributed by atoms with van der Waals surface area (Å²) >= 11 is 0. The molecule has 1 aliphatic carbocycles. The molecule has 0 unspecified atom stereocenters. The molecule has 2 aromatic carbocycles. The summed E-state index contributed by atoms with van der Waals surface area (Å²) in [4.78, 5) is 0. The minimum atomic E-state index is -0.245. The molecule has 0 aromatic heterocycles. The van der Waals surface area contributed by atoms with Crippen LogP contribution in [0.1, 0.15) is 31.2 Å². The number of hydrogen-bond donors (Lipinski definition) is 2. The Morgan fingerprint density at radius 2 is 1.95 bits per heavy atom. The van der Waals surface area contributed by atoms with Crippen molar-refractivity contribution in [3.8, 4) is 0 Å². The second-order valence-electron chi connectivity index (χ2n) is 6.01. The Morgan fingerprint density at radius 3 is 2.70 bits per heavy atom. The summed E-state index contributed by atoms with van der Waals surface area (Å²) < 4.78 is 0. The summed E-state index contributed by atoms with van der Waals surface area (Å²) in [7, 11) is 1.98. The van der Waals surface area contributed by atoms with Gasteiger partial charge in [-0.05, 0) is 36.2 Å².